The van der Waals surface area contributed by atoms with Gasteiger partial charge in [0.05, 0.1) is 0 Å². The molecule has 0 amide bonds. The van der Waals surface area contributed by atoms with Crippen LogP contribution in [0.1, 0.15) is 6.92 Å². The van der Waals surface area contributed by atoms with Gasteiger partial charge in [-0.1, -0.05) is 31.9 Å². The molecule has 0 saturated carbocycles. The minimum atomic E-state index is -0.775. The second kappa shape index (κ2) is 3.71. The molecule has 0 N–H and O–H groups in total. The van der Waals surface area contributed by atoms with Gasteiger partial charge >= 0.3 is 5.97 Å². The van der Waals surface area contributed by atoms with Gasteiger partial charge in [0.2, 0.25) is 4.51 Å². The van der Waals surface area contributed by atoms with E-state index in [2.05, 4.69) is 63.7 Å². The molecular formula is C6H4Br4O2. The molecule has 0 spiro atoms. The first-order valence-corrected chi connectivity index (χ1v) is 6.38. The fourth-order valence-electron chi connectivity index (χ4n) is 0.767. The number of hydrogen-bond acceptors (Lipinski definition) is 2. The molecule has 0 saturated heterocycles. The normalized spacial score (nSPS) is 30.0. The molecule has 1 atom stereocenters. The van der Waals surface area contributed by atoms with Crippen molar-refractivity contribution in [1.29, 1.82) is 0 Å². The molecule has 0 bridgehead atoms. The van der Waals surface area contributed by atoms with E-state index in [1.54, 1.807) is 0 Å². The number of carbonyl (C=O) groups is 1. The molecule has 0 aromatic heterocycles. The summed E-state index contributed by atoms with van der Waals surface area (Å²) in [5.41, 5.74) is 0.811. The van der Waals surface area contributed by atoms with Gasteiger partial charge in [-0.3, -0.25) is 0 Å². The quantitative estimate of drug-likeness (QED) is 0.473. The molecule has 2 nitrogen and oxygen atoms in total. The summed E-state index contributed by atoms with van der Waals surface area (Å²) in [6.45, 7) is 1.82. The number of cyclic esters (lactones) is 1. The highest BCUT2D eigenvalue weighted by atomic mass is 79.9. The van der Waals surface area contributed by atoms with Crippen molar-refractivity contribution in [3.05, 3.63) is 10.1 Å². The maximum Gasteiger partial charge on any atom is 0.347 e. The number of carbonyl (C=O) groups excluding carboxylic acids is 1. The van der Waals surface area contributed by atoms with E-state index in [1.165, 1.54) is 0 Å². The van der Waals surface area contributed by atoms with Crippen molar-refractivity contribution < 1.29 is 9.53 Å². The second-order valence-electron chi connectivity index (χ2n) is 2.27. The largest absolute Gasteiger partial charge is 0.437 e. The summed E-state index contributed by atoms with van der Waals surface area (Å²) in [5, 5.41) is 0. The highest BCUT2D eigenvalue weighted by molar-refractivity contribution is 9.25. The number of halogens is 4. The summed E-state index contributed by atoms with van der Waals surface area (Å²) in [6, 6.07) is 0. The van der Waals surface area contributed by atoms with Crippen molar-refractivity contribution in [3.63, 3.8) is 0 Å². The third-order valence-electron chi connectivity index (χ3n) is 1.54. The topological polar surface area (TPSA) is 26.3 Å². The number of esters is 1. The smallest absolute Gasteiger partial charge is 0.347 e. The van der Waals surface area contributed by atoms with Gasteiger partial charge in [-0.05, 0) is 38.8 Å². The van der Waals surface area contributed by atoms with Gasteiger partial charge < -0.3 is 4.74 Å². The summed E-state index contributed by atoms with van der Waals surface area (Å²) in [7, 11) is 0. The predicted molar refractivity (Wildman–Crippen MR) is 61.0 cm³/mol. The van der Waals surface area contributed by atoms with Crippen molar-refractivity contribution in [2.24, 2.45) is 0 Å². The standard InChI is InChI=1S/C6H4Br4O2/c1-2-3(7)4(11)12-6(2,10)5(8)9/h5H,1H3. The van der Waals surface area contributed by atoms with Gasteiger partial charge in [0.15, 0.2) is 0 Å². The third-order valence-corrected chi connectivity index (χ3v) is 6.19. The summed E-state index contributed by atoms with van der Waals surface area (Å²) in [5.74, 6) is -0.353. The zero-order valence-corrected chi connectivity index (χ0v) is 12.2. The molecule has 0 aromatic rings. The fourth-order valence-corrected chi connectivity index (χ4v) is 2.63. The highest BCUT2D eigenvalue weighted by Gasteiger charge is 2.47. The first-order chi connectivity index (χ1) is 5.39. The van der Waals surface area contributed by atoms with E-state index in [9.17, 15) is 4.79 Å². The Kier molecular flexibility index (Phi) is 3.46. The molecule has 1 heterocycles. The van der Waals surface area contributed by atoms with Gasteiger partial charge in [0.25, 0.3) is 0 Å². The lowest BCUT2D eigenvalue weighted by Crippen LogP contribution is -2.30. The first-order valence-electron chi connectivity index (χ1n) is 2.97. The first kappa shape index (κ1) is 11.2. The molecule has 0 aliphatic carbocycles. The maximum absolute atomic E-state index is 11.1. The van der Waals surface area contributed by atoms with Gasteiger partial charge in [-0.15, -0.1) is 0 Å². The molecule has 0 fully saturated rings. The van der Waals surface area contributed by atoms with Crippen molar-refractivity contribution in [3.8, 4) is 0 Å². The Morgan fingerprint density at radius 3 is 2.17 bits per heavy atom. The molecule has 1 unspecified atom stereocenters. The SMILES string of the molecule is CC1=C(Br)C(=O)OC1(Br)C(Br)Br. The number of alkyl halides is 3. The van der Waals surface area contributed by atoms with Gasteiger partial charge in [0.1, 0.15) is 8.22 Å². The molecule has 6 heteroatoms. The van der Waals surface area contributed by atoms with Crippen LogP contribution in [0.25, 0.3) is 0 Å². The molecule has 1 aliphatic heterocycles. The Balaban J connectivity index is 3.08. The van der Waals surface area contributed by atoms with Crippen LogP contribution in [0.15, 0.2) is 10.1 Å². The summed E-state index contributed by atoms with van der Waals surface area (Å²) in [4.78, 5) is 11.1. The lowest BCUT2D eigenvalue weighted by atomic mass is 10.2. The summed E-state index contributed by atoms with van der Waals surface area (Å²) < 4.78 is 4.64. The molecule has 0 aromatic carbocycles. The van der Waals surface area contributed by atoms with Crippen molar-refractivity contribution in [2.45, 2.75) is 15.2 Å². The molecule has 0 radical (unpaired) electrons. The average molecular weight is 428 g/mol. The predicted octanol–water partition coefficient (Wildman–Crippen LogP) is 3.42. The second-order valence-corrected chi connectivity index (χ2v) is 7.31. The van der Waals surface area contributed by atoms with E-state index in [4.69, 9.17) is 4.74 Å². The zero-order chi connectivity index (χ0) is 9.52. The van der Waals surface area contributed by atoms with Crippen LogP contribution in [-0.4, -0.2) is 14.2 Å². The Bertz CT molecular complexity index is 260. The lowest BCUT2D eigenvalue weighted by molar-refractivity contribution is -0.139. The van der Waals surface area contributed by atoms with E-state index < -0.39 is 4.51 Å². The van der Waals surface area contributed by atoms with Crippen LogP contribution in [-0.2, 0) is 9.53 Å². The highest BCUT2D eigenvalue weighted by Crippen LogP contribution is 2.46. The minimum absolute atomic E-state index is 0.156. The molecule has 68 valence electrons. The Labute approximate surface area is 104 Å². The Morgan fingerprint density at radius 1 is 1.50 bits per heavy atom. The molecular weight excluding hydrogens is 424 g/mol. The number of rotatable bonds is 1. The van der Waals surface area contributed by atoms with E-state index in [1.807, 2.05) is 6.92 Å². The summed E-state index contributed by atoms with van der Waals surface area (Å²) in [6.07, 6.45) is 0. The molecule has 1 aliphatic rings. The van der Waals surface area contributed by atoms with Crippen molar-refractivity contribution in [2.75, 3.05) is 0 Å². The number of ether oxygens (including phenoxy) is 1. The van der Waals surface area contributed by atoms with E-state index >= 15 is 0 Å². The monoisotopic (exact) mass is 424 g/mol. The average Bonchev–Trinajstić information content (AvgIpc) is 2.17. The van der Waals surface area contributed by atoms with Crippen molar-refractivity contribution >= 4 is 69.7 Å². The van der Waals surface area contributed by atoms with E-state index in [0.29, 0.717) is 4.48 Å². The van der Waals surface area contributed by atoms with Crippen LogP contribution < -0.4 is 0 Å². The van der Waals surface area contributed by atoms with Crippen LogP contribution >= 0.6 is 63.7 Å². The minimum Gasteiger partial charge on any atom is -0.437 e. The fraction of sp³-hybridized carbons (Fsp3) is 0.500. The Hall–Kier alpha value is 1.13. The van der Waals surface area contributed by atoms with Crippen LogP contribution in [0.5, 0.6) is 0 Å². The third kappa shape index (κ3) is 1.67. The van der Waals surface area contributed by atoms with Crippen LogP contribution in [0.2, 0.25) is 0 Å². The van der Waals surface area contributed by atoms with E-state index in [0.717, 1.165) is 5.57 Å². The van der Waals surface area contributed by atoms with Gasteiger partial charge in [-0.25, -0.2) is 4.79 Å². The van der Waals surface area contributed by atoms with E-state index in [-0.39, 0.29) is 9.71 Å². The zero-order valence-electron chi connectivity index (χ0n) is 5.91. The van der Waals surface area contributed by atoms with Gasteiger partial charge in [0, 0.05) is 5.57 Å². The Morgan fingerprint density at radius 2 is 2.00 bits per heavy atom. The maximum atomic E-state index is 11.1. The van der Waals surface area contributed by atoms with Crippen LogP contribution in [0.3, 0.4) is 0 Å². The van der Waals surface area contributed by atoms with Crippen LogP contribution in [0.4, 0.5) is 0 Å². The van der Waals surface area contributed by atoms with Gasteiger partial charge in [-0.2, -0.15) is 0 Å². The van der Waals surface area contributed by atoms with Crippen molar-refractivity contribution in [1.82, 2.24) is 0 Å². The number of hydrogen-bond donors (Lipinski definition) is 0. The van der Waals surface area contributed by atoms with Crippen LogP contribution in [0, 0.1) is 0 Å². The summed E-state index contributed by atoms with van der Waals surface area (Å²) >= 11 is 13.1. The molecule has 1 rings (SSSR count). The molecule has 12 heavy (non-hydrogen) atoms. The lowest BCUT2D eigenvalue weighted by Gasteiger charge is -2.23.